The van der Waals surface area contributed by atoms with Gasteiger partial charge >= 0.3 is 5.69 Å². The Kier molecular flexibility index (Phi) is 5.39. The first-order chi connectivity index (χ1) is 17.0. The fourth-order valence-corrected chi connectivity index (χ4v) is 4.96. The monoisotopic (exact) mass is 471 g/mol. The van der Waals surface area contributed by atoms with Crippen molar-refractivity contribution in [2.24, 2.45) is 0 Å². The third-order valence-electron chi connectivity index (χ3n) is 6.38. The summed E-state index contributed by atoms with van der Waals surface area (Å²) in [5.74, 6) is 0. The Bertz CT molecular complexity index is 1530. The number of nitrogens with one attached hydrogen (secondary N) is 1. The predicted molar refractivity (Wildman–Crippen MR) is 129 cm³/mol. The summed E-state index contributed by atoms with van der Waals surface area (Å²) in [5, 5.41) is 9.38. The summed E-state index contributed by atoms with van der Waals surface area (Å²) in [6, 6.07) is 12.0. The van der Waals surface area contributed by atoms with E-state index in [1.54, 1.807) is 15.4 Å². The molecule has 178 valence electrons. The molecule has 0 saturated carbocycles. The number of aromatic amines is 1. The SMILES string of the molecule is C[C@@H]1CN(Cc2cnc3c(c2)c2[nH+]cnn2c(=O)n3Cc2ccc(-n3cccn3)cc2)C[C@H](C)O1. The van der Waals surface area contributed by atoms with Gasteiger partial charge in [-0.3, -0.25) is 9.47 Å². The highest BCUT2D eigenvalue weighted by Crippen LogP contribution is 2.20. The quantitative estimate of drug-likeness (QED) is 0.387. The van der Waals surface area contributed by atoms with Crippen LogP contribution in [0.5, 0.6) is 0 Å². The van der Waals surface area contributed by atoms with Gasteiger partial charge in [-0.25, -0.2) is 19.4 Å². The Hall–Kier alpha value is -3.89. The zero-order valence-electron chi connectivity index (χ0n) is 19.7. The number of morpholine rings is 1. The molecule has 6 rings (SSSR count). The minimum atomic E-state index is -0.235. The van der Waals surface area contributed by atoms with Crippen molar-refractivity contribution in [1.82, 2.24) is 33.8 Å². The van der Waals surface area contributed by atoms with Gasteiger partial charge in [0.15, 0.2) is 5.65 Å². The number of aromatic nitrogens is 7. The highest BCUT2D eigenvalue weighted by atomic mass is 16.5. The Labute approximate surface area is 201 Å². The van der Waals surface area contributed by atoms with Gasteiger partial charge in [0.25, 0.3) is 12.0 Å². The van der Waals surface area contributed by atoms with Gasteiger partial charge in [-0.2, -0.15) is 5.10 Å². The van der Waals surface area contributed by atoms with E-state index in [1.807, 2.05) is 42.7 Å². The van der Waals surface area contributed by atoms with Gasteiger partial charge < -0.3 is 4.74 Å². The molecule has 0 spiro atoms. The first-order valence-corrected chi connectivity index (χ1v) is 11.8. The van der Waals surface area contributed by atoms with Crippen LogP contribution in [0.25, 0.3) is 22.4 Å². The van der Waals surface area contributed by atoms with Crippen LogP contribution in [0.1, 0.15) is 25.0 Å². The molecular weight excluding hydrogens is 444 g/mol. The van der Waals surface area contributed by atoms with Gasteiger partial charge in [-0.05, 0) is 53.8 Å². The van der Waals surface area contributed by atoms with E-state index in [4.69, 9.17) is 9.72 Å². The topological polar surface area (TPSA) is 96.6 Å². The first kappa shape index (κ1) is 21.6. The van der Waals surface area contributed by atoms with Crippen LogP contribution in [0, 0.1) is 0 Å². The van der Waals surface area contributed by atoms with E-state index in [0.29, 0.717) is 17.8 Å². The Morgan fingerprint density at radius 1 is 1.06 bits per heavy atom. The van der Waals surface area contributed by atoms with Crippen molar-refractivity contribution < 1.29 is 9.72 Å². The molecule has 10 heteroatoms. The zero-order chi connectivity index (χ0) is 23.9. The van der Waals surface area contributed by atoms with Crippen molar-refractivity contribution in [2.75, 3.05) is 13.1 Å². The molecule has 1 N–H and O–H groups in total. The van der Waals surface area contributed by atoms with Crippen LogP contribution < -0.4 is 10.7 Å². The van der Waals surface area contributed by atoms with Gasteiger partial charge in [-0.15, -0.1) is 0 Å². The maximum absolute atomic E-state index is 13.3. The lowest BCUT2D eigenvalue weighted by Gasteiger charge is -2.35. The molecule has 0 aliphatic carbocycles. The van der Waals surface area contributed by atoms with E-state index in [0.717, 1.165) is 41.8 Å². The molecule has 35 heavy (non-hydrogen) atoms. The van der Waals surface area contributed by atoms with Crippen molar-refractivity contribution in [3.63, 3.8) is 0 Å². The second kappa shape index (κ2) is 8.71. The zero-order valence-corrected chi connectivity index (χ0v) is 19.7. The van der Waals surface area contributed by atoms with Crippen molar-refractivity contribution in [3.05, 3.63) is 82.9 Å². The van der Waals surface area contributed by atoms with Gasteiger partial charge in [-0.1, -0.05) is 12.1 Å². The molecule has 1 fully saturated rings. The van der Waals surface area contributed by atoms with E-state index in [9.17, 15) is 4.79 Å². The second-order valence-corrected chi connectivity index (χ2v) is 9.20. The molecule has 2 atom stereocenters. The molecule has 5 heterocycles. The average Bonchev–Trinajstić information content (AvgIpc) is 3.54. The van der Waals surface area contributed by atoms with Gasteiger partial charge in [0.2, 0.25) is 0 Å². The Morgan fingerprint density at radius 3 is 2.60 bits per heavy atom. The van der Waals surface area contributed by atoms with Crippen molar-refractivity contribution in [3.8, 4) is 5.69 Å². The summed E-state index contributed by atoms with van der Waals surface area (Å²) in [4.78, 5) is 23.6. The van der Waals surface area contributed by atoms with E-state index >= 15 is 0 Å². The fourth-order valence-electron chi connectivity index (χ4n) is 4.96. The van der Waals surface area contributed by atoms with Crippen LogP contribution in [0.15, 0.2) is 66.1 Å². The fraction of sp³-hybridized carbons (Fsp3) is 0.320. The smallest absolute Gasteiger partial charge is 0.373 e. The molecule has 0 unspecified atom stereocenters. The van der Waals surface area contributed by atoms with Crippen LogP contribution in [-0.2, 0) is 17.8 Å². The largest absolute Gasteiger partial charge is 0.425 e. The van der Waals surface area contributed by atoms with Crippen LogP contribution in [0.4, 0.5) is 0 Å². The lowest BCUT2D eigenvalue weighted by atomic mass is 10.1. The Morgan fingerprint density at radius 2 is 1.86 bits per heavy atom. The first-order valence-electron chi connectivity index (χ1n) is 11.8. The van der Waals surface area contributed by atoms with Crippen LogP contribution in [0.2, 0.25) is 0 Å². The summed E-state index contributed by atoms with van der Waals surface area (Å²) < 4.78 is 10.8. The summed E-state index contributed by atoms with van der Waals surface area (Å²) in [7, 11) is 0. The minimum absolute atomic E-state index is 0.201. The summed E-state index contributed by atoms with van der Waals surface area (Å²) >= 11 is 0. The number of benzene rings is 1. The second-order valence-electron chi connectivity index (χ2n) is 9.20. The van der Waals surface area contributed by atoms with Crippen LogP contribution >= 0.6 is 0 Å². The molecule has 5 aromatic rings. The minimum Gasteiger partial charge on any atom is -0.373 e. The van der Waals surface area contributed by atoms with Crippen molar-refractivity contribution in [2.45, 2.75) is 39.1 Å². The molecular formula is C25H27N8O2+. The van der Waals surface area contributed by atoms with Crippen LogP contribution in [-0.4, -0.2) is 59.1 Å². The molecule has 1 aliphatic heterocycles. The number of hydrogen-bond donors (Lipinski definition) is 0. The summed E-state index contributed by atoms with van der Waals surface area (Å²) in [6.45, 7) is 7.12. The highest BCUT2D eigenvalue weighted by molar-refractivity contribution is 5.87. The Balaban J connectivity index is 1.36. The molecule has 0 bridgehead atoms. The molecule has 1 aliphatic rings. The van der Waals surface area contributed by atoms with Gasteiger partial charge in [0.05, 0.1) is 29.8 Å². The predicted octanol–water partition coefficient (Wildman–Crippen LogP) is 1.70. The number of ether oxygens (including phenoxy) is 1. The number of nitrogens with zero attached hydrogens (tertiary/aromatic N) is 7. The van der Waals surface area contributed by atoms with E-state index < -0.39 is 0 Å². The lowest BCUT2D eigenvalue weighted by Crippen LogP contribution is -2.44. The number of fused-ring (bicyclic) bond motifs is 3. The van der Waals surface area contributed by atoms with Crippen molar-refractivity contribution >= 4 is 16.7 Å². The van der Waals surface area contributed by atoms with Gasteiger partial charge in [0, 0.05) is 43.3 Å². The van der Waals surface area contributed by atoms with E-state index in [2.05, 4.69) is 40.0 Å². The number of rotatable bonds is 5. The number of hydrogen-bond acceptors (Lipinski definition) is 6. The maximum Gasteiger partial charge on any atom is 0.425 e. The molecule has 0 radical (unpaired) electrons. The molecule has 1 aromatic carbocycles. The maximum atomic E-state index is 13.3. The standard InChI is InChI=1S/C25H26N8O2/c1-17-12-30(13-18(2)35-17)14-20-10-22-23(26-11-20)31(25(34)33-24(22)27-16-29-33)15-19-4-6-21(7-5-19)32-9-3-8-28-32/h3-11,16-18H,12-15H2,1-2H3/p+1/t17-,18+. The lowest BCUT2D eigenvalue weighted by molar-refractivity contribution is -0.345. The van der Waals surface area contributed by atoms with Crippen molar-refractivity contribution in [1.29, 1.82) is 0 Å². The highest BCUT2D eigenvalue weighted by Gasteiger charge is 2.24. The molecule has 4 aromatic heterocycles. The summed E-state index contributed by atoms with van der Waals surface area (Å²) in [6.07, 6.45) is 7.46. The number of H-pyrrole nitrogens is 1. The third-order valence-corrected chi connectivity index (χ3v) is 6.38. The van der Waals surface area contributed by atoms with Gasteiger partial charge in [0.1, 0.15) is 0 Å². The van der Waals surface area contributed by atoms with Crippen LogP contribution in [0.3, 0.4) is 0 Å². The number of pyridine rings is 1. The molecule has 0 amide bonds. The van der Waals surface area contributed by atoms with E-state index in [1.165, 1.54) is 10.8 Å². The van der Waals surface area contributed by atoms with E-state index in [-0.39, 0.29) is 17.9 Å². The average molecular weight is 472 g/mol. The summed E-state index contributed by atoms with van der Waals surface area (Å²) in [5.41, 5.74) is 4.07. The normalized spacial score (nSPS) is 19.0. The molecule has 10 nitrogen and oxygen atoms in total. The molecule has 1 saturated heterocycles. The third kappa shape index (κ3) is 4.11.